The molecule has 0 fully saturated rings. The van der Waals surface area contributed by atoms with Gasteiger partial charge in [-0.05, 0) is 38.1 Å². The van der Waals surface area contributed by atoms with Crippen molar-refractivity contribution >= 4 is 12.4 Å². The second-order valence-electron chi connectivity index (χ2n) is 5.62. The maximum absolute atomic E-state index is 5.86. The summed E-state index contributed by atoms with van der Waals surface area (Å²) in [4.78, 5) is 4.39. The van der Waals surface area contributed by atoms with Crippen LogP contribution in [0.3, 0.4) is 0 Å². The molecule has 0 spiro atoms. The van der Waals surface area contributed by atoms with Crippen LogP contribution >= 0.6 is 12.4 Å². The molecule has 0 saturated heterocycles. The van der Waals surface area contributed by atoms with E-state index in [1.54, 1.807) is 0 Å². The predicted molar refractivity (Wildman–Crippen MR) is 96.3 cm³/mol. The smallest absolute Gasteiger partial charge is 0.293 e. The molecule has 0 radical (unpaired) electrons. The number of benzene rings is 1. The lowest BCUT2D eigenvalue weighted by atomic mass is 10.1. The zero-order chi connectivity index (χ0) is 16.2. The number of hydrogen-bond acceptors (Lipinski definition) is 5. The number of rotatable bonds is 6. The SMILES string of the molecule is CCc1ccc(-c2ccc(-c3nc(CC(C)NC)no3)o2)cc1.Cl. The summed E-state index contributed by atoms with van der Waals surface area (Å²) in [7, 11) is 1.91. The summed E-state index contributed by atoms with van der Waals surface area (Å²) in [6.45, 7) is 4.21. The van der Waals surface area contributed by atoms with E-state index in [1.165, 1.54) is 5.56 Å². The zero-order valence-corrected chi connectivity index (χ0v) is 14.9. The molecule has 0 saturated carbocycles. The molecule has 3 rings (SSSR count). The van der Waals surface area contributed by atoms with E-state index in [0.717, 1.165) is 17.7 Å². The highest BCUT2D eigenvalue weighted by Crippen LogP contribution is 2.27. The Hall–Kier alpha value is -2.11. The van der Waals surface area contributed by atoms with Gasteiger partial charge < -0.3 is 14.3 Å². The molecule has 1 atom stereocenters. The van der Waals surface area contributed by atoms with Gasteiger partial charge in [0.2, 0.25) is 0 Å². The Morgan fingerprint density at radius 3 is 2.46 bits per heavy atom. The van der Waals surface area contributed by atoms with Gasteiger partial charge in [0.15, 0.2) is 11.6 Å². The highest BCUT2D eigenvalue weighted by Gasteiger charge is 2.15. The Bertz CT molecular complexity index is 765. The van der Waals surface area contributed by atoms with Gasteiger partial charge in [-0.1, -0.05) is 36.3 Å². The third-order valence-corrected chi connectivity index (χ3v) is 3.91. The fraction of sp³-hybridized carbons (Fsp3) is 0.333. The van der Waals surface area contributed by atoms with E-state index >= 15 is 0 Å². The summed E-state index contributed by atoms with van der Waals surface area (Å²) >= 11 is 0. The number of hydrogen-bond donors (Lipinski definition) is 1. The molecule has 6 heteroatoms. The molecular weight excluding hydrogens is 326 g/mol. The van der Waals surface area contributed by atoms with Crippen molar-refractivity contribution in [2.45, 2.75) is 32.7 Å². The molecule has 0 amide bonds. The summed E-state index contributed by atoms with van der Waals surface area (Å²) in [5.41, 5.74) is 2.35. The van der Waals surface area contributed by atoms with Crippen LogP contribution in [0.15, 0.2) is 45.3 Å². The maximum atomic E-state index is 5.86. The van der Waals surface area contributed by atoms with Crippen LogP contribution in [0.25, 0.3) is 23.0 Å². The van der Waals surface area contributed by atoms with E-state index in [-0.39, 0.29) is 12.4 Å². The second-order valence-corrected chi connectivity index (χ2v) is 5.62. The Kier molecular flexibility index (Phi) is 6.17. The van der Waals surface area contributed by atoms with E-state index in [4.69, 9.17) is 8.94 Å². The van der Waals surface area contributed by atoms with Crippen molar-refractivity contribution in [1.82, 2.24) is 15.5 Å². The molecule has 24 heavy (non-hydrogen) atoms. The first-order valence-electron chi connectivity index (χ1n) is 7.89. The minimum absolute atomic E-state index is 0. The number of furan rings is 1. The molecule has 2 aromatic heterocycles. The van der Waals surface area contributed by atoms with Crippen LogP contribution in [0.4, 0.5) is 0 Å². The Morgan fingerprint density at radius 2 is 1.79 bits per heavy atom. The van der Waals surface area contributed by atoms with Crippen molar-refractivity contribution in [1.29, 1.82) is 0 Å². The van der Waals surface area contributed by atoms with E-state index < -0.39 is 0 Å². The molecule has 0 aliphatic carbocycles. The monoisotopic (exact) mass is 347 g/mol. The molecule has 2 heterocycles. The van der Waals surface area contributed by atoms with Crippen LogP contribution in [-0.2, 0) is 12.8 Å². The number of nitrogens with one attached hydrogen (secondary N) is 1. The van der Waals surface area contributed by atoms with Gasteiger partial charge in [-0.25, -0.2) is 0 Å². The molecule has 0 aliphatic heterocycles. The van der Waals surface area contributed by atoms with Crippen LogP contribution in [0, 0.1) is 0 Å². The number of nitrogens with zero attached hydrogens (tertiary/aromatic N) is 2. The van der Waals surface area contributed by atoms with Crippen molar-refractivity contribution in [2.24, 2.45) is 0 Å². The molecule has 0 bridgehead atoms. The topological polar surface area (TPSA) is 64.1 Å². The average molecular weight is 348 g/mol. The summed E-state index contributed by atoms with van der Waals surface area (Å²) in [6, 6.07) is 12.4. The normalized spacial score (nSPS) is 12.0. The van der Waals surface area contributed by atoms with E-state index in [9.17, 15) is 0 Å². The summed E-state index contributed by atoms with van der Waals surface area (Å²) in [5.74, 6) is 2.48. The number of likely N-dealkylation sites (N-methyl/N-ethyl adjacent to an activating group) is 1. The highest BCUT2D eigenvalue weighted by atomic mass is 35.5. The molecule has 1 unspecified atom stereocenters. The van der Waals surface area contributed by atoms with Crippen molar-refractivity contribution < 1.29 is 8.94 Å². The van der Waals surface area contributed by atoms with Crippen molar-refractivity contribution in [3.05, 3.63) is 47.8 Å². The second kappa shape index (κ2) is 8.13. The van der Waals surface area contributed by atoms with Gasteiger partial charge in [-0.3, -0.25) is 0 Å². The summed E-state index contributed by atoms with van der Waals surface area (Å²) in [6.07, 6.45) is 1.74. The minimum Gasteiger partial charge on any atom is -0.451 e. The lowest BCUT2D eigenvalue weighted by molar-refractivity contribution is 0.406. The zero-order valence-electron chi connectivity index (χ0n) is 14.1. The van der Waals surface area contributed by atoms with Crippen LogP contribution in [-0.4, -0.2) is 23.2 Å². The molecule has 1 N–H and O–H groups in total. The average Bonchev–Trinajstić information content (AvgIpc) is 3.24. The van der Waals surface area contributed by atoms with Crippen molar-refractivity contribution in [2.75, 3.05) is 7.05 Å². The third-order valence-electron chi connectivity index (χ3n) is 3.91. The van der Waals surface area contributed by atoms with Crippen LogP contribution in [0.5, 0.6) is 0 Å². The number of aryl methyl sites for hydroxylation is 1. The van der Waals surface area contributed by atoms with Gasteiger partial charge in [0.1, 0.15) is 5.76 Å². The van der Waals surface area contributed by atoms with Gasteiger partial charge in [-0.2, -0.15) is 4.98 Å². The first-order chi connectivity index (χ1) is 11.2. The van der Waals surface area contributed by atoms with Crippen molar-refractivity contribution in [3.63, 3.8) is 0 Å². The fourth-order valence-electron chi connectivity index (χ4n) is 2.33. The number of aromatic nitrogens is 2. The van der Waals surface area contributed by atoms with Gasteiger partial charge >= 0.3 is 0 Å². The lowest BCUT2D eigenvalue weighted by Gasteiger charge is -2.04. The molecule has 3 aromatic rings. The lowest BCUT2D eigenvalue weighted by Crippen LogP contribution is -2.24. The standard InChI is InChI=1S/C18H21N3O2.ClH/c1-4-13-5-7-14(8-6-13)15-9-10-16(22-15)18-20-17(21-23-18)11-12(2)19-3;/h5-10,12,19H,4,11H2,1-3H3;1H. The third kappa shape index (κ3) is 4.04. The van der Waals surface area contributed by atoms with E-state index in [2.05, 4.69) is 53.6 Å². The summed E-state index contributed by atoms with van der Waals surface area (Å²) in [5, 5.41) is 7.15. The van der Waals surface area contributed by atoms with E-state index in [1.807, 2.05) is 19.2 Å². The Labute approximate surface area is 147 Å². The molecule has 5 nitrogen and oxygen atoms in total. The first kappa shape index (κ1) is 18.2. The molecular formula is C18H22ClN3O2. The Balaban J connectivity index is 0.00000208. The largest absolute Gasteiger partial charge is 0.451 e. The summed E-state index contributed by atoms with van der Waals surface area (Å²) < 4.78 is 11.2. The van der Waals surface area contributed by atoms with Gasteiger partial charge in [0, 0.05) is 18.0 Å². The van der Waals surface area contributed by atoms with Crippen molar-refractivity contribution in [3.8, 4) is 23.0 Å². The van der Waals surface area contributed by atoms with Gasteiger partial charge in [0.25, 0.3) is 5.89 Å². The van der Waals surface area contributed by atoms with Crippen LogP contribution in [0.2, 0.25) is 0 Å². The van der Waals surface area contributed by atoms with E-state index in [0.29, 0.717) is 29.9 Å². The fourth-order valence-corrected chi connectivity index (χ4v) is 2.33. The number of halogens is 1. The first-order valence-corrected chi connectivity index (χ1v) is 7.89. The van der Waals surface area contributed by atoms with Gasteiger partial charge in [0.05, 0.1) is 0 Å². The maximum Gasteiger partial charge on any atom is 0.293 e. The van der Waals surface area contributed by atoms with Crippen LogP contribution in [0.1, 0.15) is 25.2 Å². The van der Waals surface area contributed by atoms with Gasteiger partial charge in [-0.15, -0.1) is 12.4 Å². The van der Waals surface area contributed by atoms with Crippen LogP contribution < -0.4 is 5.32 Å². The molecule has 1 aromatic carbocycles. The Morgan fingerprint density at radius 1 is 1.08 bits per heavy atom. The highest BCUT2D eigenvalue weighted by molar-refractivity contribution is 5.85. The predicted octanol–water partition coefficient (Wildman–Crippen LogP) is 4.13. The molecule has 0 aliphatic rings. The molecule has 128 valence electrons. The quantitative estimate of drug-likeness (QED) is 0.726. The minimum atomic E-state index is 0.